The Morgan fingerprint density at radius 1 is 0.842 bits per heavy atom. The van der Waals surface area contributed by atoms with Gasteiger partial charge in [-0.1, -0.05) is 62.9 Å². The molecule has 1 nitrogen and oxygen atoms in total. The SMILES string of the molecule is CCCCCCCc1ccc(-c2cccnc2)cc1. The van der Waals surface area contributed by atoms with E-state index in [2.05, 4.69) is 42.2 Å². The van der Waals surface area contributed by atoms with E-state index in [9.17, 15) is 0 Å². The van der Waals surface area contributed by atoms with Crippen LogP contribution >= 0.6 is 0 Å². The number of hydrogen-bond donors (Lipinski definition) is 0. The van der Waals surface area contributed by atoms with Crippen LogP contribution in [0.1, 0.15) is 44.6 Å². The average molecular weight is 253 g/mol. The highest BCUT2D eigenvalue weighted by molar-refractivity contribution is 5.62. The van der Waals surface area contributed by atoms with Crippen LogP contribution in [0.2, 0.25) is 0 Å². The van der Waals surface area contributed by atoms with E-state index in [0.717, 1.165) is 0 Å². The second-order valence-corrected chi connectivity index (χ2v) is 5.10. The maximum Gasteiger partial charge on any atom is 0.0346 e. The predicted molar refractivity (Wildman–Crippen MR) is 82.1 cm³/mol. The van der Waals surface area contributed by atoms with Crippen LogP contribution in [0.3, 0.4) is 0 Å². The summed E-state index contributed by atoms with van der Waals surface area (Å²) in [4.78, 5) is 4.16. The maximum absolute atomic E-state index is 4.16. The second-order valence-electron chi connectivity index (χ2n) is 5.10. The third kappa shape index (κ3) is 4.51. The van der Waals surface area contributed by atoms with Gasteiger partial charge < -0.3 is 0 Å². The summed E-state index contributed by atoms with van der Waals surface area (Å²) in [5, 5.41) is 0. The van der Waals surface area contributed by atoms with Gasteiger partial charge in [-0.2, -0.15) is 0 Å². The summed E-state index contributed by atoms with van der Waals surface area (Å²) in [6, 6.07) is 13.0. The fraction of sp³-hybridized carbons (Fsp3) is 0.389. The summed E-state index contributed by atoms with van der Waals surface area (Å²) < 4.78 is 0. The first kappa shape index (κ1) is 13.8. The van der Waals surface area contributed by atoms with Crippen molar-refractivity contribution < 1.29 is 0 Å². The fourth-order valence-electron chi connectivity index (χ4n) is 2.33. The van der Waals surface area contributed by atoms with Crippen molar-refractivity contribution in [2.24, 2.45) is 0 Å². The van der Waals surface area contributed by atoms with E-state index in [0.29, 0.717) is 0 Å². The van der Waals surface area contributed by atoms with Crippen molar-refractivity contribution in [3.8, 4) is 11.1 Å². The summed E-state index contributed by atoms with van der Waals surface area (Å²) in [6.45, 7) is 2.26. The topological polar surface area (TPSA) is 12.9 Å². The van der Waals surface area contributed by atoms with E-state index in [1.165, 1.54) is 55.2 Å². The minimum absolute atomic E-state index is 1.19. The minimum Gasteiger partial charge on any atom is -0.264 e. The van der Waals surface area contributed by atoms with Crippen LogP contribution < -0.4 is 0 Å². The quantitative estimate of drug-likeness (QED) is 0.613. The number of aromatic nitrogens is 1. The molecule has 0 atom stereocenters. The predicted octanol–water partition coefficient (Wildman–Crippen LogP) is 5.26. The molecule has 0 N–H and O–H groups in total. The molecule has 19 heavy (non-hydrogen) atoms. The number of unbranched alkanes of at least 4 members (excludes halogenated alkanes) is 4. The Hall–Kier alpha value is -1.63. The van der Waals surface area contributed by atoms with Crippen LogP contribution in [0.4, 0.5) is 0 Å². The highest BCUT2D eigenvalue weighted by Crippen LogP contribution is 2.19. The highest BCUT2D eigenvalue weighted by Gasteiger charge is 1.98. The van der Waals surface area contributed by atoms with Crippen molar-refractivity contribution in [3.05, 3.63) is 54.4 Å². The summed E-state index contributed by atoms with van der Waals surface area (Å²) in [5.74, 6) is 0. The molecule has 0 bridgehead atoms. The lowest BCUT2D eigenvalue weighted by Gasteiger charge is -2.04. The molecule has 0 unspecified atom stereocenters. The molecule has 0 fully saturated rings. The van der Waals surface area contributed by atoms with Gasteiger partial charge in [-0.3, -0.25) is 4.98 Å². The molecule has 0 aliphatic carbocycles. The molecule has 1 aromatic heterocycles. The molecule has 0 saturated heterocycles. The van der Waals surface area contributed by atoms with Gasteiger partial charge in [-0.15, -0.1) is 0 Å². The standard InChI is InChI=1S/C18H23N/c1-2-3-4-5-6-8-16-10-12-17(13-11-16)18-9-7-14-19-15-18/h7,9-15H,2-6,8H2,1H3. The minimum atomic E-state index is 1.19. The van der Waals surface area contributed by atoms with Gasteiger partial charge in [-0.25, -0.2) is 0 Å². The van der Waals surface area contributed by atoms with Gasteiger partial charge in [0.25, 0.3) is 0 Å². The van der Waals surface area contributed by atoms with Crippen molar-refractivity contribution in [1.29, 1.82) is 0 Å². The Labute approximate surface area is 116 Å². The van der Waals surface area contributed by atoms with Gasteiger partial charge in [-0.05, 0) is 35.6 Å². The zero-order chi connectivity index (χ0) is 13.3. The molecule has 0 saturated carbocycles. The van der Waals surface area contributed by atoms with E-state index in [1.54, 1.807) is 0 Å². The second kappa shape index (κ2) is 7.73. The summed E-state index contributed by atoms with van der Waals surface area (Å²) >= 11 is 0. The zero-order valence-electron chi connectivity index (χ0n) is 11.8. The number of aryl methyl sites for hydroxylation is 1. The molecule has 1 heteroatoms. The molecule has 1 heterocycles. The molecule has 0 aliphatic heterocycles. The van der Waals surface area contributed by atoms with E-state index in [1.807, 2.05) is 18.5 Å². The molecule has 2 aromatic rings. The third-order valence-electron chi connectivity index (χ3n) is 3.52. The Balaban J connectivity index is 1.85. The third-order valence-corrected chi connectivity index (χ3v) is 3.52. The summed E-state index contributed by atoms with van der Waals surface area (Å²) in [6.07, 6.45) is 11.7. The van der Waals surface area contributed by atoms with Crippen LogP contribution in [-0.2, 0) is 6.42 Å². The van der Waals surface area contributed by atoms with E-state index in [4.69, 9.17) is 0 Å². The van der Waals surface area contributed by atoms with E-state index >= 15 is 0 Å². The van der Waals surface area contributed by atoms with Gasteiger partial charge in [0.15, 0.2) is 0 Å². The molecule has 0 amide bonds. The molecule has 0 spiro atoms. The first-order chi connectivity index (χ1) is 9.40. The van der Waals surface area contributed by atoms with Crippen LogP contribution in [0.15, 0.2) is 48.8 Å². The van der Waals surface area contributed by atoms with Crippen molar-refractivity contribution in [3.63, 3.8) is 0 Å². The van der Waals surface area contributed by atoms with Gasteiger partial charge >= 0.3 is 0 Å². The Morgan fingerprint density at radius 2 is 1.63 bits per heavy atom. The molecule has 0 aliphatic rings. The summed E-state index contributed by atoms with van der Waals surface area (Å²) in [5.41, 5.74) is 3.89. The number of pyridine rings is 1. The molecule has 1 aromatic carbocycles. The first-order valence-corrected chi connectivity index (χ1v) is 7.39. The zero-order valence-corrected chi connectivity index (χ0v) is 11.8. The Morgan fingerprint density at radius 3 is 2.32 bits per heavy atom. The molecule has 2 rings (SSSR count). The molecular weight excluding hydrogens is 230 g/mol. The lowest BCUT2D eigenvalue weighted by Crippen LogP contribution is -1.87. The molecular formula is C18H23N. The lowest BCUT2D eigenvalue weighted by molar-refractivity contribution is 0.632. The van der Waals surface area contributed by atoms with Gasteiger partial charge in [0.1, 0.15) is 0 Å². The maximum atomic E-state index is 4.16. The van der Waals surface area contributed by atoms with E-state index in [-0.39, 0.29) is 0 Å². The Bertz CT molecular complexity index is 459. The summed E-state index contributed by atoms with van der Waals surface area (Å²) in [7, 11) is 0. The lowest BCUT2D eigenvalue weighted by atomic mass is 10.0. The van der Waals surface area contributed by atoms with Gasteiger partial charge in [0.2, 0.25) is 0 Å². The highest BCUT2D eigenvalue weighted by atomic mass is 14.6. The fourth-order valence-corrected chi connectivity index (χ4v) is 2.33. The van der Waals surface area contributed by atoms with Gasteiger partial charge in [0.05, 0.1) is 0 Å². The number of benzene rings is 1. The van der Waals surface area contributed by atoms with Crippen molar-refractivity contribution in [1.82, 2.24) is 4.98 Å². The van der Waals surface area contributed by atoms with Crippen molar-refractivity contribution >= 4 is 0 Å². The molecule has 0 radical (unpaired) electrons. The number of nitrogens with zero attached hydrogens (tertiary/aromatic N) is 1. The van der Waals surface area contributed by atoms with Crippen molar-refractivity contribution in [2.45, 2.75) is 45.4 Å². The van der Waals surface area contributed by atoms with Gasteiger partial charge in [0, 0.05) is 12.4 Å². The average Bonchev–Trinajstić information content (AvgIpc) is 2.49. The van der Waals surface area contributed by atoms with Crippen LogP contribution in [-0.4, -0.2) is 4.98 Å². The number of rotatable bonds is 7. The molecule has 100 valence electrons. The normalized spacial score (nSPS) is 10.6. The van der Waals surface area contributed by atoms with Crippen LogP contribution in [0.25, 0.3) is 11.1 Å². The largest absolute Gasteiger partial charge is 0.264 e. The van der Waals surface area contributed by atoms with Crippen molar-refractivity contribution in [2.75, 3.05) is 0 Å². The monoisotopic (exact) mass is 253 g/mol. The smallest absolute Gasteiger partial charge is 0.0346 e. The number of hydrogen-bond acceptors (Lipinski definition) is 1. The Kier molecular flexibility index (Phi) is 5.61. The first-order valence-electron chi connectivity index (χ1n) is 7.39. The van der Waals surface area contributed by atoms with Crippen LogP contribution in [0, 0.1) is 0 Å². The van der Waals surface area contributed by atoms with E-state index < -0.39 is 0 Å². The van der Waals surface area contributed by atoms with Crippen LogP contribution in [0.5, 0.6) is 0 Å².